The lowest BCUT2D eigenvalue weighted by Gasteiger charge is -2.27. The minimum atomic E-state index is -0.707. The van der Waals surface area contributed by atoms with Crippen molar-refractivity contribution in [2.45, 2.75) is 31.7 Å². The molecule has 3 heterocycles. The van der Waals surface area contributed by atoms with Crippen LogP contribution in [0.5, 0.6) is 0 Å². The lowest BCUT2D eigenvalue weighted by Crippen LogP contribution is -2.31. The zero-order valence-corrected chi connectivity index (χ0v) is 21.9. The number of nitrogens with two attached hydrogens (primary N) is 1. The van der Waals surface area contributed by atoms with Crippen molar-refractivity contribution in [1.29, 1.82) is 0 Å². The number of benzene rings is 2. The Morgan fingerprint density at radius 3 is 2.68 bits per heavy atom. The van der Waals surface area contributed by atoms with Crippen LogP contribution in [0.25, 0.3) is 22.5 Å². The molecule has 2 aliphatic heterocycles. The summed E-state index contributed by atoms with van der Waals surface area (Å²) in [5.74, 6) is -0.385. The smallest absolute Gasteiger partial charge is 0.251 e. The third-order valence-electron chi connectivity index (χ3n) is 7.38. The maximum atomic E-state index is 15.2. The summed E-state index contributed by atoms with van der Waals surface area (Å²) >= 11 is 0. The first-order valence-electron chi connectivity index (χ1n) is 13.1. The van der Waals surface area contributed by atoms with Crippen molar-refractivity contribution < 1.29 is 18.7 Å². The fourth-order valence-electron chi connectivity index (χ4n) is 5.31. The quantitative estimate of drug-likeness (QED) is 0.467. The van der Waals surface area contributed by atoms with Gasteiger partial charge in [-0.05, 0) is 67.1 Å². The van der Waals surface area contributed by atoms with E-state index in [2.05, 4.69) is 33.3 Å². The number of amides is 1. The van der Waals surface area contributed by atoms with Crippen LogP contribution in [0.4, 0.5) is 10.2 Å². The summed E-state index contributed by atoms with van der Waals surface area (Å²) in [6, 6.07) is 11.5. The maximum Gasteiger partial charge on any atom is 0.251 e. The molecule has 1 aromatic heterocycles. The molecule has 0 radical (unpaired) electrons. The largest absolute Gasteiger partial charge is 0.383 e. The Morgan fingerprint density at radius 2 is 1.89 bits per heavy atom. The fourth-order valence-corrected chi connectivity index (χ4v) is 5.31. The van der Waals surface area contributed by atoms with Crippen LogP contribution in [0, 0.1) is 5.95 Å². The lowest BCUT2D eigenvalue weighted by molar-refractivity contribution is 0.0849. The number of aromatic nitrogens is 2. The molecule has 2 aromatic carbocycles. The normalized spacial score (nSPS) is 15.9. The summed E-state index contributed by atoms with van der Waals surface area (Å²) in [5.41, 5.74) is 12.0. The number of hydrogen-bond donors (Lipinski definition) is 2. The van der Waals surface area contributed by atoms with Crippen molar-refractivity contribution in [1.82, 2.24) is 20.2 Å². The lowest BCUT2D eigenvalue weighted by atomic mass is 9.87. The molecule has 0 unspecified atom stereocenters. The van der Waals surface area contributed by atoms with Gasteiger partial charge in [-0.2, -0.15) is 9.37 Å². The molecule has 5 rings (SSSR count). The number of ether oxygens (including phenoxy) is 2. The van der Waals surface area contributed by atoms with E-state index < -0.39 is 5.95 Å². The van der Waals surface area contributed by atoms with Crippen LogP contribution in [0.15, 0.2) is 36.4 Å². The molecule has 3 N–H and O–H groups in total. The van der Waals surface area contributed by atoms with Gasteiger partial charge in [-0.25, -0.2) is 4.98 Å². The third kappa shape index (κ3) is 5.55. The van der Waals surface area contributed by atoms with E-state index in [1.807, 2.05) is 18.2 Å². The van der Waals surface area contributed by atoms with Gasteiger partial charge in [-0.15, -0.1) is 0 Å². The summed E-state index contributed by atoms with van der Waals surface area (Å²) in [6.45, 7) is 4.18. The van der Waals surface area contributed by atoms with Crippen molar-refractivity contribution >= 4 is 11.7 Å². The summed E-state index contributed by atoms with van der Waals surface area (Å²) in [5, 5.41) is 2.85. The van der Waals surface area contributed by atoms with Gasteiger partial charge in [-0.3, -0.25) is 9.69 Å². The molecule has 38 heavy (non-hydrogen) atoms. The Kier molecular flexibility index (Phi) is 7.97. The van der Waals surface area contributed by atoms with Crippen LogP contribution >= 0.6 is 0 Å². The average molecular weight is 520 g/mol. The number of hydrogen-bond acceptors (Lipinski definition) is 7. The molecule has 8 nitrogen and oxygen atoms in total. The van der Waals surface area contributed by atoms with Gasteiger partial charge in [0.2, 0.25) is 5.95 Å². The number of nitrogens with zero attached hydrogens (tertiary/aromatic N) is 3. The number of nitrogen functional groups attached to an aromatic ring is 1. The molecule has 0 aliphatic carbocycles. The van der Waals surface area contributed by atoms with Crippen LogP contribution in [0.3, 0.4) is 0 Å². The number of halogens is 1. The van der Waals surface area contributed by atoms with E-state index in [9.17, 15) is 4.79 Å². The highest BCUT2D eigenvalue weighted by Crippen LogP contribution is 2.35. The molecular formula is C29H34FN5O3. The minimum absolute atomic E-state index is 0.0183. The fraction of sp³-hybridized carbons (Fsp3) is 0.414. The topological polar surface area (TPSA) is 103 Å². The second kappa shape index (κ2) is 11.6. The van der Waals surface area contributed by atoms with E-state index >= 15 is 4.39 Å². The zero-order chi connectivity index (χ0) is 26.6. The van der Waals surface area contributed by atoms with Gasteiger partial charge in [0.05, 0.1) is 6.61 Å². The zero-order valence-electron chi connectivity index (χ0n) is 21.9. The van der Waals surface area contributed by atoms with E-state index in [0.717, 1.165) is 43.7 Å². The van der Waals surface area contributed by atoms with E-state index in [-0.39, 0.29) is 17.4 Å². The van der Waals surface area contributed by atoms with Gasteiger partial charge in [0, 0.05) is 56.6 Å². The second-order valence-electron chi connectivity index (χ2n) is 10.0. The number of fused-ring (bicyclic) bond motifs is 1. The van der Waals surface area contributed by atoms with E-state index in [0.29, 0.717) is 54.4 Å². The second-order valence-corrected chi connectivity index (χ2v) is 10.0. The Balaban J connectivity index is 1.53. The summed E-state index contributed by atoms with van der Waals surface area (Å²) in [4.78, 5) is 23.1. The molecule has 1 saturated heterocycles. The first kappa shape index (κ1) is 26.2. The highest BCUT2D eigenvalue weighted by molar-refractivity contribution is 5.97. The number of rotatable bonds is 8. The van der Waals surface area contributed by atoms with Gasteiger partial charge in [0.1, 0.15) is 11.4 Å². The molecular weight excluding hydrogens is 485 g/mol. The molecule has 9 heteroatoms. The molecule has 200 valence electrons. The Hall–Kier alpha value is -3.40. The molecule has 0 atom stereocenters. The summed E-state index contributed by atoms with van der Waals surface area (Å²) in [6.07, 6.45) is 2.64. The highest BCUT2D eigenvalue weighted by atomic mass is 19.1. The Morgan fingerprint density at radius 1 is 1.13 bits per heavy atom. The number of carbonyl (C=O) groups excluding carboxylic acids is 1. The first-order chi connectivity index (χ1) is 18.4. The van der Waals surface area contributed by atoms with Crippen LogP contribution < -0.4 is 11.1 Å². The van der Waals surface area contributed by atoms with Gasteiger partial charge in [0.25, 0.3) is 5.91 Å². The number of nitrogens with one attached hydrogen (secondary N) is 1. The molecule has 1 fully saturated rings. The van der Waals surface area contributed by atoms with Gasteiger partial charge in [-0.1, -0.05) is 18.2 Å². The predicted molar refractivity (Wildman–Crippen MR) is 144 cm³/mol. The van der Waals surface area contributed by atoms with Gasteiger partial charge >= 0.3 is 0 Å². The monoisotopic (exact) mass is 519 g/mol. The number of likely N-dealkylation sites (N-methyl/N-ethyl adjacent to an activating group) is 1. The molecule has 1 amide bonds. The maximum absolute atomic E-state index is 15.2. The van der Waals surface area contributed by atoms with Crippen LogP contribution in [-0.2, 0) is 22.4 Å². The number of methoxy groups -OCH3 is 1. The minimum Gasteiger partial charge on any atom is -0.383 e. The van der Waals surface area contributed by atoms with E-state index in [4.69, 9.17) is 15.2 Å². The third-order valence-corrected chi connectivity index (χ3v) is 7.38. The highest BCUT2D eigenvalue weighted by Gasteiger charge is 2.23. The van der Waals surface area contributed by atoms with Gasteiger partial charge < -0.3 is 20.5 Å². The van der Waals surface area contributed by atoms with Crippen molar-refractivity contribution in [3.63, 3.8) is 0 Å². The molecule has 2 aliphatic rings. The molecule has 0 bridgehead atoms. The average Bonchev–Trinajstić information content (AvgIpc) is 2.92. The van der Waals surface area contributed by atoms with Gasteiger partial charge in [0.15, 0.2) is 5.82 Å². The van der Waals surface area contributed by atoms with E-state index in [1.54, 1.807) is 19.2 Å². The first-order valence-corrected chi connectivity index (χ1v) is 13.1. The summed E-state index contributed by atoms with van der Waals surface area (Å²) in [7, 11) is 3.75. The number of carbonyl (C=O) groups is 1. The Labute approximate surface area is 222 Å². The molecule has 0 saturated carbocycles. The Bertz CT molecular complexity index is 1330. The van der Waals surface area contributed by atoms with E-state index in [1.165, 1.54) is 5.56 Å². The van der Waals surface area contributed by atoms with Crippen molar-refractivity contribution in [2.75, 3.05) is 52.8 Å². The summed E-state index contributed by atoms with van der Waals surface area (Å²) < 4.78 is 26.1. The van der Waals surface area contributed by atoms with Crippen LogP contribution in [-0.4, -0.2) is 67.8 Å². The standard InChI is InChI=1S/C29H34FN5O3/c1-35(11-14-37-2)17-22-16-20(3-5-23(22)18-8-12-38-13-9-18)25-27(30)34-28(31)26(33-25)21-4-6-24-19(15-21)7-10-32-29(24)36/h3-6,15-16,18H,7-14,17H2,1-2H3,(H2,31,34)(H,32,36). The predicted octanol–water partition coefficient (Wildman–Crippen LogP) is 3.79. The van der Waals surface area contributed by atoms with Crippen molar-refractivity contribution in [2.24, 2.45) is 0 Å². The molecule has 0 spiro atoms. The number of anilines is 1. The molecule has 3 aromatic rings. The van der Waals surface area contributed by atoms with Crippen molar-refractivity contribution in [3.8, 4) is 22.5 Å². The van der Waals surface area contributed by atoms with Crippen LogP contribution in [0.2, 0.25) is 0 Å². The van der Waals surface area contributed by atoms with Crippen LogP contribution in [0.1, 0.15) is 45.8 Å². The SMILES string of the molecule is COCCN(C)Cc1cc(-c2nc(-c3ccc4c(c3)CCNC4=O)c(N)nc2F)ccc1C1CCOCC1. The van der Waals surface area contributed by atoms with Crippen molar-refractivity contribution in [3.05, 3.63) is 64.6 Å².